The summed E-state index contributed by atoms with van der Waals surface area (Å²) in [5, 5.41) is 0.522. The van der Waals surface area contributed by atoms with Crippen LogP contribution in [0.2, 0.25) is 0 Å². The molecule has 1 rings (SSSR count). The SMILES string of the molecule is CCCCCCCCCc1ccc([P+](=O)O)cc1.[Nd]. The molecule has 0 radical (unpaired) electrons. The zero-order chi connectivity index (χ0) is 13.2. The van der Waals surface area contributed by atoms with E-state index in [0.29, 0.717) is 5.30 Å². The smallest absolute Gasteiger partial charge is 0.156 e. The van der Waals surface area contributed by atoms with E-state index < -0.39 is 8.03 Å². The molecule has 0 heterocycles. The third-order valence-corrected chi connectivity index (χ3v) is 3.97. The Balaban J connectivity index is 0.00000324. The van der Waals surface area contributed by atoms with Gasteiger partial charge in [-0.3, -0.25) is 0 Å². The second-order valence-electron chi connectivity index (χ2n) is 4.81. The molecule has 1 aromatic carbocycles. The van der Waals surface area contributed by atoms with Gasteiger partial charge < -0.3 is 0 Å². The van der Waals surface area contributed by atoms with E-state index in [1.54, 1.807) is 12.1 Å². The first kappa shape index (κ1) is 19.6. The first-order valence-corrected chi connectivity index (χ1v) is 8.20. The van der Waals surface area contributed by atoms with Crippen molar-refractivity contribution in [2.75, 3.05) is 0 Å². The Morgan fingerprint density at radius 3 is 2.00 bits per heavy atom. The van der Waals surface area contributed by atoms with Crippen molar-refractivity contribution in [1.29, 1.82) is 0 Å². The molecule has 104 valence electrons. The summed E-state index contributed by atoms with van der Waals surface area (Å²) in [6.45, 7) is 2.24. The predicted octanol–water partition coefficient (Wildman–Crippen LogP) is 4.34. The van der Waals surface area contributed by atoms with Crippen LogP contribution in [0.4, 0.5) is 0 Å². The van der Waals surface area contributed by atoms with Gasteiger partial charge in [0.25, 0.3) is 0 Å². The molecule has 4 heteroatoms. The van der Waals surface area contributed by atoms with E-state index >= 15 is 0 Å². The van der Waals surface area contributed by atoms with Crippen LogP contribution in [0.15, 0.2) is 24.3 Å². The van der Waals surface area contributed by atoms with Gasteiger partial charge >= 0.3 is 8.03 Å². The first-order valence-electron chi connectivity index (χ1n) is 6.99. The van der Waals surface area contributed by atoms with Crippen molar-refractivity contribution in [3.63, 3.8) is 0 Å². The monoisotopic (exact) mass is 409 g/mol. The summed E-state index contributed by atoms with van der Waals surface area (Å²) in [6.07, 6.45) is 10.3. The van der Waals surface area contributed by atoms with Crippen LogP contribution in [0.5, 0.6) is 0 Å². The summed E-state index contributed by atoms with van der Waals surface area (Å²) in [6, 6.07) is 7.45. The van der Waals surface area contributed by atoms with Crippen LogP contribution in [-0.2, 0) is 11.0 Å². The van der Waals surface area contributed by atoms with Gasteiger partial charge in [0.2, 0.25) is 5.30 Å². The molecule has 0 spiro atoms. The predicted molar refractivity (Wildman–Crippen MR) is 77.6 cm³/mol. The topological polar surface area (TPSA) is 37.3 Å². The minimum Gasteiger partial charge on any atom is -0.156 e. The molecular weight excluding hydrogens is 387 g/mol. The van der Waals surface area contributed by atoms with E-state index in [0.717, 1.165) is 6.42 Å². The standard InChI is InChI=1S/C15H23O2P.Nd/c1-2-3-4-5-6-7-8-9-14-10-12-15(13-11-14)18(16)17;/h10-13H,2-9H2,1H3;/p+1. The third-order valence-electron chi connectivity index (χ3n) is 3.23. The molecule has 0 aromatic heterocycles. The van der Waals surface area contributed by atoms with Crippen molar-refractivity contribution in [1.82, 2.24) is 0 Å². The fraction of sp³-hybridized carbons (Fsp3) is 0.600. The number of unbranched alkanes of at least 4 members (excludes halogenated alkanes) is 6. The molecule has 1 atom stereocenters. The average molecular weight is 412 g/mol. The van der Waals surface area contributed by atoms with Gasteiger partial charge in [-0.2, -0.15) is 4.89 Å². The van der Waals surface area contributed by atoms with Crippen LogP contribution < -0.4 is 5.30 Å². The first-order chi connectivity index (χ1) is 8.74. The number of hydrogen-bond acceptors (Lipinski definition) is 1. The second kappa shape index (κ2) is 12.4. The van der Waals surface area contributed by atoms with Gasteiger partial charge in [-0.1, -0.05) is 57.6 Å². The zero-order valence-corrected chi connectivity index (χ0v) is 15.9. The van der Waals surface area contributed by atoms with Crippen LogP contribution in [-0.4, -0.2) is 4.89 Å². The molecule has 2 nitrogen and oxygen atoms in total. The minimum atomic E-state index is -2.18. The number of rotatable bonds is 9. The Morgan fingerprint density at radius 1 is 0.947 bits per heavy atom. The largest absolute Gasteiger partial charge is 0.546 e. The molecule has 0 saturated heterocycles. The molecule has 1 aromatic rings. The molecule has 0 aliphatic rings. The maximum atomic E-state index is 10.8. The number of aryl methyl sites for hydroxylation is 1. The third kappa shape index (κ3) is 9.23. The van der Waals surface area contributed by atoms with Crippen molar-refractivity contribution >= 4 is 13.3 Å². The Bertz CT molecular complexity index is 352. The summed E-state index contributed by atoms with van der Waals surface area (Å²) in [4.78, 5) is 8.94. The van der Waals surface area contributed by atoms with Gasteiger partial charge in [0.05, 0.1) is 0 Å². The molecule has 0 aliphatic heterocycles. The molecule has 0 fully saturated rings. The summed E-state index contributed by atoms with van der Waals surface area (Å²) in [5.74, 6) is 0. The quantitative estimate of drug-likeness (QED) is 0.485. The van der Waals surface area contributed by atoms with Crippen LogP contribution in [0.25, 0.3) is 0 Å². The Kier molecular flexibility index (Phi) is 12.8. The fourth-order valence-corrected chi connectivity index (χ4v) is 2.48. The molecule has 0 bridgehead atoms. The summed E-state index contributed by atoms with van der Waals surface area (Å²) in [7, 11) is -2.18. The van der Waals surface area contributed by atoms with Crippen molar-refractivity contribution in [2.24, 2.45) is 0 Å². The van der Waals surface area contributed by atoms with Crippen LogP contribution in [0, 0.1) is 40.8 Å². The molecular formula is C15H24NdO2P+. The van der Waals surface area contributed by atoms with Gasteiger partial charge in [-0.25, -0.2) is 0 Å². The van der Waals surface area contributed by atoms with E-state index in [2.05, 4.69) is 6.92 Å². The Hall–Kier alpha value is 0.631. The Labute approximate surface area is 150 Å². The normalized spacial score (nSPS) is 10.9. The van der Waals surface area contributed by atoms with Crippen molar-refractivity contribution in [2.45, 2.75) is 58.3 Å². The van der Waals surface area contributed by atoms with Crippen molar-refractivity contribution < 1.29 is 50.3 Å². The van der Waals surface area contributed by atoms with Gasteiger partial charge in [-0.05, 0) is 35.1 Å². The van der Waals surface area contributed by atoms with E-state index in [9.17, 15) is 4.57 Å². The maximum absolute atomic E-state index is 10.8. The number of benzene rings is 1. The molecule has 0 amide bonds. The average Bonchev–Trinajstić information content (AvgIpc) is 2.38. The Morgan fingerprint density at radius 2 is 1.47 bits per heavy atom. The van der Waals surface area contributed by atoms with Gasteiger partial charge in [-0.15, -0.1) is 0 Å². The van der Waals surface area contributed by atoms with E-state index in [1.165, 1.54) is 50.5 Å². The summed E-state index contributed by atoms with van der Waals surface area (Å²) in [5.41, 5.74) is 1.27. The summed E-state index contributed by atoms with van der Waals surface area (Å²) < 4.78 is 10.8. The fourth-order valence-electron chi connectivity index (χ4n) is 2.08. The molecule has 0 aliphatic carbocycles. The van der Waals surface area contributed by atoms with E-state index in [4.69, 9.17) is 4.89 Å². The van der Waals surface area contributed by atoms with Crippen LogP contribution in [0.3, 0.4) is 0 Å². The van der Waals surface area contributed by atoms with Gasteiger partial charge in [0, 0.05) is 40.8 Å². The molecule has 19 heavy (non-hydrogen) atoms. The van der Waals surface area contributed by atoms with Gasteiger partial charge in [0.1, 0.15) is 0 Å². The number of hydrogen-bond donors (Lipinski definition) is 1. The minimum absolute atomic E-state index is 0. The zero-order valence-electron chi connectivity index (χ0n) is 11.8. The molecule has 1 N–H and O–H groups in total. The van der Waals surface area contributed by atoms with E-state index in [-0.39, 0.29) is 40.8 Å². The molecule has 1 unspecified atom stereocenters. The maximum Gasteiger partial charge on any atom is 0.546 e. The second-order valence-corrected chi connectivity index (χ2v) is 5.87. The van der Waals surface area contributed by atoms with Crippen LogP contribution >= 0.6 is 8.03 Å². The molecule has 0 saturated carbocycles. The van der Waals surface area contributed by atoms with Crippen molar-refractivity contribution in [3.8, 4) is 0 Å². The summed E-state index contributed by atoms with van der Waals surface area (Å²) >= 11 is 0. The van der Waals surface area contributed by atoms with Gasteiger partial charge in [0.15, 0.2) is 0 Å². The van der Waals surface area contributed by atoms with Crippen LogP contribution in [0.1, 0.15) is 57.4 Å². The van der Waals surface area contributed by atoms with E-state index in [1.807, 2.05) is 12.1 Å². The van der Waals surface area contributed by atoms with Crippen molar-refractivity contribution in [3.05, 3.63) is 29.8 Å².